The second kappa shape index (κ2) is 5.98. The summed E-state index contributed by atoms with van der Waals surface area (Å²) in [6.45, 7) is 2.67. The molecule has 2 aromatic carbocycles. The van der Waals surface area contributed by atoms with Crippen LogP contribution in [-0.2, 0) is 6.54 Å². The first kappa shape index (κ1) is 13.1. The van der Waals surface area contributed by atoms with Gasteiger partial charge in [-0.2, -0.15) is 0 Å². The molecule has 0 fully saturated rings. The first-order valence-electron chi connectivity index (χ1n) is 5.88. The van der Waals surface area contributed by atoms with Crippen molar-refractivity contribution in [1.29, 1.82) is 0 Å². The molecule has 1 N–H and O–H groups in total. The molecule has 0 aliphatic carbocycles. The number of hydrogen-bond donors (Lipinski definition) is 1. The fourth-order valence-electron chi connectivity index (χ4n) is 1.84. The van der Waals surface area contributed by atoms with Crippen molar-refractivity contribution in [1.82, 2.24) is 5.32 Å². The van der Waals surface area contributed by atoms with E-state index in [1.165, 1.54) is 17.7 Å². The number of benzene rings is 2. The van der Waals surface area contributed by atoms with E-state index in [0.29, 0.717) is 11.6 Å². The van der Waals surface area contributed by atoms with Crippen molar-refractivity contribution in [3.63, 3.8) is 0 Å². The zero-order valence-electron chi connectivity index (χ0n) is 10.2. The van der Waals surface area contributed by atoms with Crippen molar-refractivity contribution >= 4 is 11.6 Å². The van der Waals surface area contributed by atoms with Gasteiger partial charge in [-0.15, -0.1) is 0 Å². The average Bonchev–Trinajstić information content (AvgIpc) is 2.36. The summed E-state index contributed by atoms with van der Waals surface area (Å²) in [5.41, 5.74) is 2.06. The Balaban J connectivity index is 1.99. The van der Waals surface area contributed by atoms with Gasteiger partial charge in [0.15, 0.2) is 0 Å². The predicted molar refractivity (Wildman–Crippen MR) is 73.1 cm³/mol. The summed E-state index contributed by atoms with van der Waals surface area (Å²) in [4.78, 5) is 0. The minimum atomic E-state index is -0.299. The summed E-state index contributed by atoms with van der Waals surface area (Å²) >= 11 is 5.81. The number of rotatable bonds is 4. The van der Waals surface area contributed by atoms with E-state index in [-0.39, 0.29) is 11.9 Å². The highest BCUT2D eigenvalue weighted by molar-refractivity contribution is 6.30. The SMILES string of the molecule is C[C@@H](NCc1cc(F)cc(Cl)c1)c1ccccc1. The lowest BCUT2D eigenvalue weighted by Crippen LogP contribution is -2.18. The Hall–Kier alpha value is -1.38. The molecule has 0 amide bonds. The molecule has 2 aromatic rings. The summed E-state index contributed by atoms with van der Waals surface area (Å²) in [7, 11) is 0. The van der Waals surface area contributed by atoms with E-state index in [1.54, 1.807) is 6.07 Å². The zero-order chi connectivity index (χ0) is 13.0. The lowest BCUT2D eigenvalue weighted by molar-refractivity contribution is 0.569. The first-order chi connectivity index (χ1) is 8.65. The van der Waals surface area contributed by atoms with Crippen molar-refractivity contribution in [3.8, 4) is 0 Å². The summed E-state index contributed by atoms with van der Waals surface area (Å²) in [6.07, 6.45) is 0. The summed E-state index contributed by atoms with van der Waals surface area (Å²) < 4.78 is 13.2. The van der Waals surface area contributed by atoms with E-state index in [2.05, 4.69) is 24.4 Å². The van der Waals surface area contributed by atoms with Gasteiger partial charge in [0.25, 0.3) is 0 Å². The monoisotopic (exact) mass is 263 g/mol. The van der Waals surface area contributed by atoms with E-state index >= 15 is 0 Å². The number of hydrogen-bond acceptors (Lipinski definition) is 1. The van der Waals surface area contributed by atoms with Gasteiger partial charge in [0.1, 0.15) is 5.82 Å². The fourth-order valence-corrected chi connectivity index (χ4v) is 2.09. The van der Waals surface area contributed by atoms with E-state index in [9.17, 15) is 4.39 Å². The summed E-state index contributed by atoms with van der Waals surface area (Å²) in [6, 6.07) is 14.9. The Bertz CT molecular complexity index is 493. The fraction of sp³-hybridized carbons (Fsp3) is 0.200. The molecule has 18 heavy (non-hydrogen) atoms. The molecule has 0 saturated heterocycles. The number of halogens is 2. The largest absolute Gasteiger partial charge is 0.306 e. The third-order valence-electron chi connectivity index (χ3n) is 2.83. The van der Waals surface area contributed by atoms with Gasteiger partial charge in [-0.1, -0.05) is 41.9 Å². The molecule has 0 aliphatic rings. The third kappa shape index (κ3) is 3.56. The van der Waals surface area contributed by atoms with Crippen molar-refractivity contribution in [3.05, 3.63) is 70.5 Å². The molecule has 0 aliphatic heterocycles. The van der Waals surface area contributed by atoms with Crippen molar-refractivity contribution < 1.29 is 4.39 Å². The van der Waals surface area contributed by atoms with Crippen LogP contribution in [0, 0.1) is 5.82 Å². The van der Waals surface area contributed by atoms with Crippen molar-refractivity contribution in [2.75, 3.05) is 0 Å². The molecule has 94 valence electrons. The molecular formula is C15H15ClFN. The topological polar surface area (TPSA) is 12.0 Å². The van der Waals surface area contributed by atoms with Crippen LogP contribution in [-0.4, -0.2) is 0 Å². The van der Waals surface area contributed by atoms with E-state index in [0.717, 1.165) is 5.56 Å². The standard InChI is InChI=1S/C15H15ClFN/c1-11(13-5-3-2-4-6-13)18-10-12-7-14(16)9-15(17)8-12/h2-9,11,18H,10H2,1H3/t11-/m1/s1. The molecule has 1 atom stereocenters. The van der Waals surface area contributed by atoms with Gasteiger partial charge >= 0.3 is 0 Å². The van der Waals surface area contributed by atoms with Gasteiger partial charge in [-0.25, -0.2) is 4.39 Å². The highest BCUT2D eigenvalue weighted by atomic mass is 35.5. The normalized spacial score (nSPS) is 12.4. The van der Waals surface area contributed by atoms with Crippen LogP contribution in [0.3, 0.4) is 0 Å². The Morgan fingerprint density at radius 1 is 1.17 bits per heavy atom. The smallest absolute Gasteiger partial charge is 0.125 e. The Morgan fingerprint density at radius 3 is 2.56 bits per heavy atom. The van der Waals surface area contributed by atoms with Gasteiger partial charge in [0, 0.05) is 17.6 Å². The molecule has 0 unspecified atom stereocenters. The molecule has 0 radical (unpaired) electrons. The van der Waals surface area contributed by atoms with Gasteiger partial charge in [-0.3, -0.25) is 0 Å². The van der Waals surface area contributed by atoms with Crippen LogP contribution in [0.4, 0.5) is 4.39 Å². The Kier molecular flexibility index (Phi) is 4.34. The lowest BCUT2D eigenvalue weighted by Gasteiger charge is -2.14. The quantitative estimate of drug-likeness (QED) is 0.866. The van der Waals surface area contributed by atoms with Crippen LogP contribution in [0.25, 0.3) is 0 Å². The van der Waals surface area contributed by atoms with Crippen LogP contribution in [0.15, 0.2) is 48.5 Å². The van der Waals surface area contributed by atoms with Gasteiger partial charge in [-0.05, 0) is 36.2 Å². The molecule has 2 rings (SSSR count). The minimum Gasteiger partial charge on any atom is -0.306 e. The highest BCUT2D eigenvalue weighted by Crippen LogP contribution is 2.16. The van der Waals surface area contributed by atoms with E-state index in [4.69, 9.17) is 11.6 Å². The second-order valence-corrected chi connectivity index (χ2v) is 4.73. The van der Waals surface area contributed by atoms with Crippen molar-refractivity contribution in [2.24, 2.45) is 0 Å². The van der Waals surface area contributed by atoms with Gasteiger partial charge in [0.05, 0.1) is 0 Å². The second-order valence-electron chi connectivity index (χ2n) is 4.29. The van der Waals surface area contributed by atoms with E-state index in [1.807, 2.05) is 18.2 Å². The van der Waals surface area contributed by atoms with Crippen LogP contribution in [0.1, 0.15) is 24.1 Å². The maximum Gasteiger partial charge on any atom is 0.125 e. The maximum absolute atomic E-state index is 13.2. The van der Waals surface area contributed by atoms with E-state index < -0.39 is 0 Å². The summed E-state index contributed by atoms with van der Waals surface area (Å²) in [5, 5.41) is 3.77. The molecule has 0 bridgehead atoms. The van der Waals surface area contributed by atoms with Gasteiger partial charge < -0.3 is 5.32 Å². The lowest BCUT2D eigenvalue weighted by atomic mass is 10.1. The van der Waals surface area contributed by atoms with Crippen LogP contribution < -0.4 is 5.32 Å². The molecule has 0 spiro atoms. The molecule has 1 nitrogen and oxygen atoms in total. The third-order valence-corrected chi connectivity index (χ3v) is 3.05. The van der Waals surface area contributed by atoms with Gasteiger partial charge in [0.2, 0.25) is 0 Å². The average molecular weight is 264 g/mol. The van der Waals surface area contributed by atoms with Crippen LogP contribution in [0.5, 0.6) is 0 Å². The van der Waals surface area contributed by atoms with Crippen LogP contribution in [0.2, 0.25) is 5.02 Å². The number of nitrogens with one attached hydrogen (secondary N) is 1. The molecule has 3 heteroatoms. The first-order valence-corrected chi connectivity index (χ1v) is 6.26. The zero-order valence-corrected chi connectivity index (χ0v) is 10.9. The molecule has 0 saturated carbocycles. The molecule has 0 aromatic heterocycles. The summed E-state index contributed by atoms with van der Waals surface area (Å²) in [5.74, 6) is -0.299. The van der Waals surface area contributed by atoms with Crippen molar-refractivity contribution in [2.45, 2.75) is 19.5 Å². The maximum atomic E-state index is 13.2. The molecule has 0 heterocycles. The Labute approximate surface area is 112 Å². The highest BCUT2D eigenvalue weighted by Gasteiger charge is 2.05. The Morgan fingerprint density at radius 2 is 1.89 bits per heavy atom. The molecular weight excluding hydrogens is 249 g/mol. The van der Waals surface area contributed by atoms with Crippen LogP contribution >= 0.6 is 11.6 Å². The predicted octanol–water partition coefficient (Wildman–Crippen LogP) is 4.33. The minimum absolute atomic E-state index is 0.216.